The maximum absolute atomic E-state index is 13.8. The highest BCUT2D eigenvalue weighted by atomic mass is 32.1. The number of Topliss-reactive ketones (excluding diaryl/α,β-unsaturated/α-hetero) is 1. The van der Waals surface area contributed by atoms with Crippen LogP contribution in [0.25, 0.3) is 0 Å². The van der Waals surface area contributed by atoms with Crippen LogP contribution in [0.1, 0.15) is 56.2 Å². The summed E-state index contributed by atoms with van der Waals surface area (Å²) in [7, 11) is 1.61. The van der Waals surface area contributed by atoms with Gasteiger partial charge in [-0.05, 0) is 97.6 Å². The van der Waals surface area contributed by atoms with Gasteiger partial charge in [-0.25, -0.2) is 0 Å². The molecule has 8 heteroatoms. The lowest BCUT2D eigenvalue weighted by Crippen LogP contribution is -2.65. The molecular weight excluding hydrogens is 598 g/mol. The van der Waals surface area contributed by atoms with Gasteiger partial charge in [-0.3, -0.25) is 9.59 Å². The Balaban J connectivity index is 0.00000204. The standard InChI is InChI=1S/C37H45NO6.CH4S/c1-35-15-13-28(40)19-26(35)11-12-29-30-20-33(43-3)37(32(42)22-39,36(30,2)21-31(41)34(29)35)44-16-14-23-7-9-24(10-8-23)17-25-5-4-6-27(38)18-25;1-2/h4-10,13,15,18-19,29-31,33-34,39,41H,11-12,14,16-17,20-22,38H2,1-3H3;2H,1H3/t29?,30?,31?,33-,34?,35?,36?,37?;/m1./s1. The molecule has 46 heavy (non-hydrogen) atoms. The van der Waals surface area contributed by atoms with Crippen LogP contribution in [0.4, 0.5) is 5.69 Å². The molecule has 3 fully saturated rings. The van der Waals surface area contributed by atoms with Crippen LogP contribution in [0.5, 0.6) is 0 Å². The second-order valence-corrected chi connectivity index (χ2v) is 13.8. The van der Waals surface area contributed by atoms with Gasteiger partial charge in [0.2, 0.25) is 0 Å². The molecule has 0 radical (unpaired) electrons. The van der Waals surface area contributed by atoms with Crippen molar-refractivity contribution in [1.82, 2.24) is 0 Å². The largest absolute Gasteiger partial charge is 0.399 e. The lowest BCUT2D eigenvalue weighted by Gasteiger charge is -2.60. The molecule has 4 N–H and O–H groups in total. The van der Waals surface area contributed by atoms with E-state index in [-0.39, 0.29) is 35.9 Å². The lowest BCUT2D eigenvalue weighted by molar-refractivity contribution is -0.210. The molecule has 2 aromatic rings. The summed E-state index contributed by atoms with van der Waals surface area (Å²) in [5.74, 6) is -0.294. The number of ether oxygens (including phenoxy) is 2. The van der Waals surface area contributed by atoms with E-state index >= 15 is 0 Å². The molecule has 0 saturated heterocycles. The van der Waals surface area contributed by atoms with Crippen LogP contribution in [-0.4, -0.2) is 66.2 Å². The number of hydrogen-bond acceptors (Lipinski definition) is 8. The second kappa shape index (κ2) is 13.8. The Labute approximate surface area is 278 Å². The molecule has 248 valence electrons. The molecule has 2 aromatic carbocycles. The lowest BCUT2D eigenvalue weighted by atomic mass is 9.46. The molecule has 0 spiro atoms. The highest BCUT2D eigenvalue weighted by Crippen LogP contribution is 2.68. The van der Waals surface area contributed by atoms with E-state index in [2.05, 4.69) is 56.8 Å². The zero-order valence-electron chi connectivity index (χ0n) is 27.4. The molecule has 7 nitrogen and oxygen atoms in total. The van der Waals surface area contributed by atoms with E-state index < -0.39 is 35.2 Å². The number of nitrogens with two attached hydrogens (primary N) is 1. The van der Waals surface area contributed by atoms with Crippen LogP contribution < -0.4 is 5.73 Å². The van der Waals surface area contributed by atoms with Gasteiger partial charge in [0.15, 0.2) is 17.2 Å². The van der Waals surface area contributed by atoms with Gasteiger partial charge in [0, 0.05) is 29.5 Å². The Morgan fingerprint density at radius 2 is 1.80 bits per heavy atom. The molecule has 6 rings (SSSR count). The molecule has 0 aromatic heterocycles. The van der Waals surface area contributed by atoms with Crippen LogP contribution in [0.15, 0.2) is 72.3 Å². The van der Waals surface area contributed by atoms with Crippen molar-refractivity contribution in [3.05, 3.63) is 89.0 Å². The van der Waals surface area contributed by atoms with E-state index in [9.17, 15) is 19.8 Å². The summed E-state index contributed by atoms with van der Waals surface area (Å²) >= 11 is 3.53. The van der Waals surface area contributed by atoms with Gasteiger partial charge in [-0.2, -0.15) is 12.6 Å². The quantitative estimate of drug-likeness (QED) is 0.219. The molecule has 0 heterocycles. The number of hydrogen-bond donors (Lipinski definition) is 4. The van der Waals surface area contributed by atoms with Gasteiger partial charge in [-0.1, -0.05) is 61.9 Å². The molecule has 4 aliphatic rings. The molecule has 0 amide bonds. The third kappa shape index (κ3) is 5.81. The van der Waals surface area contributed by atoms with Gasteiger partial charge in [0.1, 0.15) is 6.61 Å². The number of allylic oxidation sites excluding steroid dienone is 4. The highest BCUT2D eigenvalue weighted by molar-refractivity contribution is 7.79. The summed E-state index contributed by atoms with van der Waals surface area (Å²) < 4.78 is 12.7. The van der Waals surface area contributed by atoms with Crippen LogP contribution in [0, 0.1) is 28.6 Å². The van der Waals surface area contributed by atoms with Crippen LogP contribution in [-0.2, 0) is 31.9 Å². The number of fused-ring (bicyclic) bond motifs is 5. The fourth-order valence-corrected chi connectivity index (χ4v) is 9.61. The maximum Gasteiger partial charge on any atom is 0.193 e. The maximum atomic E-state index is 13.8. The summed E-state index contributed by atoms with van der Waals surface area (Å²) in [4.78, 5) is 26.0. The highest BCUT2D eigenvalue weighted by Gasteiger charge is 2.73. The van der Waals surface area contributed by atoms with Crippen molar-refractivity contribution in [3.8, 4) is 0 Å². The van der Waals surface area contributed by atoms with Crippen molar-refractivity contribution in [2.24, 2.45) is 28.6 Å². The van der Waals surface area contributed by atoms with Gasteiger partial charge in [-0.15, -0.1) is 0 Å². The Hall–Kier alpha value is -2.75. The molecule has 3 saturated carbocycles. The first-order valence-corrected chi connectivity index (χ1v) is 17.3. The second-order valence-electron chi connectivity index (χ2n) is 13.8. The number of carbonyl (C=O) groups excluding carboxylic acids is 2. The van der Waals surface area contributed by atoms with Crippen molar-refractivity contribution < 1.29 is 29.3 Å². The van der Waals surface area contributed by atoms with Crippen molar-refractivity contribution in [3.63, 3.8) is 0 Å². The van der Waals surface area contributed by atoms with E-state index in [1.807, 2.05) is 24.3 Å². The van der Waals surface area contributed by atoms with Crippen molar-refractivity contribution in [1.29, 1.82) is 0 Å². The predicted molar refractivity (Wildman–Crippen MR) is 184 cm³/mol. The Bertz CT molecular complexity index is 1490. The average molecular weight is 648 g/mol. The number of carbonyl (C=O) groups is 2. The molecule has 0 bridgehead atoms. The molecular formula is C38H49NO6S. The van der Waals surface area contributed by atoms with Crippen LogP contribution >= 0.6 is 12.6 Å². The first kappa shape index (κ1) is 34.6. The summed E-state index contributed by atoms with van der Waals surface area (Å²) in [5.41, 5.74) is 8.68. The minimum Gasteiger partial charge on any atom is -0.399 e. The summed E-state index contributed by atoms with van der Waals surface area (Å²) in [5, 5.41) is 22.1. The monoisotopic (exact) mass is 647 g/mol. The minimum absolute atomic E-state index is 0.00311. The van der Waals surface area contributed by atoms with Crippen molar-refractivity contribution >= 4 is 29.9 Å². The van der Waals surface area contributed by atoms with Crippen molar-refractivity contribution in [2.75, 3.05) is 32.3 Å². The third-order valence-corrected chi connectivity index (χ3v) is 11.6. The molecule has 7 unspecified atom stereocenters. The first-order chi connectivity index (χ1) is 22.1. The fourth-order valence-electron chi connectivity index (χ4n) is 9.61. The number of aliphatic hydroxyl groups is 2. The molecule has 8 atom stereocenters. The van der Waals surface area contributed by atoms with E-state index in [1.54, 1.807) is 25.5 Å². The normalized spacial score (nSPS) is 34.5. The van der Waals surface area contributed by atoms with Crippen LogP contribution in [0.3, 0.4) is 0 Å². The van der Waals surface area contributed by atoms with Gasteiger partial charge in [0.25, 0.3) is 0 Å². The number of aliphatic hydroxyl groups excluding tert-OH is 2. The zero-order chi connectivity index (χ0) is 33.3. The number of benzene rings is 2. The number of nitrogen functional groups attached to an aromatic ring is 1. The van der Waals surface area contributed by atoms with Gasteiger partial charge < -0.3 is 25.4 Å². The molecule has 4 aliphatic carbocycles. The summed E-state index contributed by atoms with van der Waals surface area (Å²) in [6.07, 6.45) is 9.76. The summed E-state index contributed by atoms with van der Waals surface area (Å²) in [6.45, 7) is 3.82. The Morgan fingerprint density at radius 1 is 1.09 bits per heavy atom. The Morgan fingerprint density at radius 3 is 2.48 bits per heavy atom. The zero-order valence-corrected chi connectivity index (χ0v) is 28.3. The third-order valence-electron chi connectivity index (χ3n) is 11.6. The van der Waals surface area contributed by atoms with Gasteiger partial charge >= 0.3 is 0 Å². The topological polar surface area (TPSA) is 119 Å². The first-order valence-electron chi connectivity index (χ1n) is 16.4. The smallest absolute Gasteiger partial charge is 0.193 e. The SMILES string of the molecule is CO[C@@H]1CC2C3CCC4=CC(=O)C=CC4(C)C3C(O)CC2(C)C1(OCCc1ccc(Cc2cccc(N)c2)cc1)C(=O)CO.CS. The van der Waals surface area contributed by atoms with Crippen LogP contribution in [0.2, 0.25) is 0 Å². The van der Waals surface area contributed by atoms with E-state index in [0.717, 1.165) is 41.6 Å². The van der Waals surface area contributed by atoms with Gasteiger partial charge in [0.05, 0.1) is 18.8 Å². The number of anilines is 1. The predicted octanol–water partition coefficient (Wildman–Crippen LogP) is 5.17. The van der Waals surface area contributed by atoms with E-state index in [0.29, 0.717) is 19.3 Å². The number of rotatable bonds is 9. The summed E-state index contributed by atoms with van der Waals surface area (Å²) in [6, 6.07) is 16.3. The fraction of sp³-hybridized carbons (Fsp3) is 0.526. The molecule has 0 aliphatic heterocycles. The number of methoxy groups -OCH3 is 1. The number of ketones is 2. The van der Waals surface area contributed by atoms with E-state index in [1.165, 1.54) is 5.56 Å². The minimum atomic E-state index is -1.38. The number of thiol groups is 1. The Kier molecular flexibility index (Phi) is 10.4. The average Bonchev–Trinajstić information content (AvgIpc) is 3.30. The van der Waals surface area contributed by atoms with E-state index in [4.69, 9.17) is 15.2 Å². The van der Waals surface area contributed by atoms with Crippen molar-refractivity contribution in [2.45, 2.75) is 70.2 Å².